The average molecular weight is 218 g/mol. The van der Waals surface area contributed by atoms with E-state index in [0.29, 0.717) is 6.10 Å². The molecule has 14 heavy (non-hydrogen) atoms. The summed E-state index contributed by atoms with van der Waals surface area (Å²) in [5.41, 5.74) is 0. The Labute approximate surface area is 91.6 Å². The zero-order valence-corrected chi connectivity index (χ0v) is 9.51. The van der Waals surface area contributed by atoms with Gasteiger partial charge in [-0.05, 0) is 38.1 Å². The summed E-state index contributed by atoms with van der Waals surface area (Å²) in [4.78, 5) is 2.54. The third-order valence-electron chi connectivity index (χ3n) is 3.38. The third kappa shape index (κ3) is 2.85. The largest absolute Gasteiger partial charge is 0.378 e. The van der Waals surface area contributed by atoms with Crippen molar-refractivity contribution in [2.24, 2.45) is 5.92 Å². The first-order valence-electron chi connectivity index (χ1n) is 5.78. The summed E-state index contributed by atoms with van der Waals surface area (Å²) < 4.78 is 5.61. The minimum atomic E-state index is 0.546. The normalized spacial score (nSPS) is 34.1. The Kier molecular flexibility index (Phi) is 4.09. The van der Waals surface area contributed by atoms with E-state index in [1.54, 1.807) is 0 Å². The highest BCUT2D eigenvalue weighted by Crippen LogP contribution is 2.20. The van der Waals surface area contributed by atoms with E-state index in [0.717, 1.165) is 18.4 Å². The zero-order valence-electron chi connectivity index (χ0n) is 8.75. The number of hydrogen-bond acceptors (Lipinski definition) is 2. The van der Waals surface area contributed by atoms with E-state index in [-0.39, 0.29) is 0 Å². The van der Waals surface area contributed by atoms with E-state index in [2.05, 4.69) is 4.90 Å². The van der Waals surface area contributed by atoms with Crippen LogP contribution in [-0.2, 0) is 4.74 Å². The standard InChI is InChI=1S/C11H20ClNO/c12-8-10-3-5-13(9-10)6-4-11-2-1-7-14-11/h10-11H,1-9H2. The topological polar surface area (TPSA) is 12.5 Å². The van der Waals surface area contributed by atoms with Crippen LogP contribution in [0.2, 0.25) is 0 Å². The molecule has 2 saturated heterocycles. The van der Waals surface area contributed by atoms with E-state index in [1.807, 2.05) is 0 Å². The van der Waals surface area contributed by atoms with Crippen LogP contribution in [0.5, 0.6) is 0 Å². The van der Waals surface area contributed by atoms with Crippen molar-refractivity contribution in [3.05, 3.63) is 0 Å². The van der Waals surface area contributed by atoms with Gasteiger partial charge < -0.3 is 9.64 Å². The molecule has 2 fully saturated rings. The van der Waals surface area contributed by atoms with Gasteiger partial charge in [-0.3, -0.25) is 0 Å². The van der Waals surface area contributed by atoms with Crippen molar-refractivity contribution in [3.63, 3.8) is 0 Å². The molecule has 0 bridgehead atoms. The first-order valence-corrected chi connectivity index (χ1v) is 6.32. The SMILES string of the molecule is ClCC1CCN(CCC2CCCO2)C1. The number of hydrogen-bond donors (Lipinski definition) is 0. The van der Waals surface area contributed by atoms with Crippen LogP contribution in [0.25, 0.3) is 0 Å². The molecular formula is C11H20ClNO. The van der Waals surface area contributed by atoms with Gasteiger partial charge >= 0.3 is 0 Å². The van der Waals surface area contributed by atoms with Gasteiger partial charge in [-0.25, -0.2) is 0 Å². The van der Waals surface area contributed by atoms with Gasteiger partial charge in [0.05, 0.1) is 6.10 Å². The molecule has 2 heterocycles. The number of likely N-dealkylation sites (tertiary alicyclic amines) is 1. The fourth-order valence-electron chi connectivity index (χ4n) is 2.44. The van der Waals surface area contributed by atoms with Gasteiger partial charge in [0.1, 0.15) is 0 Å². The Morgan fingerprint density at radius 3 is 2.93 bits per heavy atom. The number of halogens is 1. The molecule has 82 valence electrons. The minimum absolute atomic E-state index is 0.546. The Morgan fingerprint density at radius 2 is 2.29 bits per heavy atom. The van der Waals surface area contributed by atoms with Gasteiger partial charge in [0.25, 0.3) is 0 Å². The highest BCUT2D eigenvalue weighted by molar-refractivity contribution is 6.18. The molecular weight excluding hydrogens is 198 g/mol. The van der Waals surface area contributed by atoms with Gasteiger partial charge in [0, 0.05) is 25.6 Å². The molecule has 0 aromatic rings. The molecule has 0 aromatic heterocycles. The van der Waals surface area contributed by atoms with Crippen molar-refractivity contribution in [1.82, 2.24) is 4.90 Å². The highest BCUT2D eigenvalue weighted by Gasteiger charge is 2.23. The van der Waals surface area contributed by atoms with Gasteiger partial charge in [0.2, 0.25) is 0 Å². The quantitative estimate of drug-likeness (QED) is 0.669. The van der Waals surface area contributed by atoms with Crippen LogP contribution in [0.15, 0.2) is 0 Å². The summed E-state index contributed by atoms with van der Waals surface area (Å²) in [7, 11) is 0. The van der Waals surface area contributed by atoms with Crippen LogP contribution in [-0.4, -0.2) is 43.1 Å². The number of alkyl halides is 1. The molecule has 0 radical (unpaired) electrons. The van der Waals surface area contributed by atoms with Crippen LogP contribution in [0.4, 0.5) is 0 Å². The number of nitrogens with zero attached hydrogens (tertiary/aromatic N) is 1. The molecule has 2 unspecified atom stereocenters. The lowest BCUT2D eigenvalue weighted by Crippen LogP contribution is -2.25. The molecule has 0 aliphatic carbocycles. The van der Waals surface area contributed by atoms with Crippen molar-refractivity contribution in [2.75, 3.05) is 32.1 Å². The first-order chi connectivity index (χ1) is 6.88. The lowest BCUT2D eigenvalue weighted by Gasteiger charge is -2.17. The van der Waals surface area contributed by atoms with Crippen molar-refractivity contribution < 1.29 is 4.74 Å². The molecule has 0 aromatic carbocycles. The van der Waals surface area contributed by atoms with Crippen LogP contribution < -0.4 is 0 Å². The lowest BCUT2D eigenvalue weighted by molar-refractivity contribution is 0.0946. The van der Waals surface area contributed by atoms with Gasteiger partial charge in [-0.15, -0.1) is 11.6 Å². The second-order valence-corrected chi connectivity index (χ2v) is 4.84. The first kappa shape index (κ1) is 10.7. The number of rotatable bonds is 4. The van der Waals surface area contributed by atoms with Crippen LogP contribution >= 0.6 is 11.6 Å². The molecule has 2 aliphatic rings. The summed E-state index contributed by atoms with van der Waals surface area (Å²) in [5, 5.41) is 0. The molecule has 0 saturated carbocycles. The molecule has 0 amide bonds. The van der Waals surface area contributed by atoms with Crippen LogP contribution in [0.3, 0.4) is 0 Å². The highest BCUT2D eigenvalue weighted by atomic mass is 35.5. The second kappa shape index (κ2) is 5.34. The summed E-state index contributed by atoms with van der Waals surface area (Å²) in [6.07, 6.45) is 5.58. The van der Waals surface area contributed by atoms with Crippen molar-refractivity contribution in [3.8, 4) is 0 Å². The van der Waals surface area contributed by atoms with Gasteiger partial charge in [0.15, 0.2) is 0 Å². The van der Waals surface area contributed by atoms with E-state index in [4.69, 9.17) is 16.3 Å². The van der Waals surface area contributed by atoms with Gasteiger partial charge in [-0.2, -0.15) is 0 Å². The fraction of sp³-hybridized carbons (Fsp3) is 1.00. The van der Waals surface area contributed by atoms with Crippen LogP contribution in [0.1, 0.15) is 25.7 Å². The predicted octanol–water partition coefficient (Wildman–Crippen LogP) is 2.12. The molecule has 0 spiro atoms. The van der Waals surface area contributed by atoms with Gasteiger partial charge in [-0.1, -0.05) is 0 Å². The lowest BCUT2D eigenvalue weighted by atomic mass is 10.1. The minimum Gasteiger partial charge on any atom is -0.378 e. The predicted molar refractivity (Wildman–Crippen MR) is 58.9 cm³/mol. The summed E-state index contributed by atoms with van der Waals surface area (Å²) in [6, 6.07) is 0. The van der Waals surface area contributed by atoms with Crippen molar-refractivity contribution in [1.29, 1.82) is 0 Å². The third-order valence-corrected chi connectivity index (χ3v) is 3.82. The molecule has 2 nitrogen and oxygen atoms in total. The summed E-state index contributed by atoms with van der Waals surface area (Å²) >= 11 is 5.85. The maximum atomic E-state index is 5.85. The molecule has 2 rings (SSSR count). The molecule has 2 aliphatic heterocycles. The van der Waals surface area contributed by atoms with Crippen molar-refractivity contribution >= 4 is 11.6 Å². The Balaban J connectivity index is 1.61. The average Bonchev–Trinajstić information content (AvgIpc) is 2.86. The summed E-state index contributed by atoms with van der Waals surface area (Å²) in [5.74, 6) is 1.57. The van der Waals surface area contributed by atoms with Crippen molar-refractivity contribution in [2.45, 2.75) is 31.8 Å². The van der Waals surface area contributed by atoms with E-state index < -0.39 is 0 Å². The van der Waals surface area contributed by atoms with E-state index in [9.17, 15) is 0 Å². The maximum absolute atomic E-state index is 5.85. The maximum Gasteiger partial charge on any atom is 0.0588 e. The molecule has 3 heteroatoms. The Hall–Kier alpha value is 0.210. The Bertz CT molecular complexity index is 171. The zero-order chi connectivity index (χ0) is 9.80. The summed E-state index contributed by atoms with van der Waals surface area (Å²) in [6.45, 7) is 4.63. The molecule has 0 N–H and O–H groups in total. The number of ether oxygens (including phenoxy) is 1. The monoisotopic (exact) mass is 217 g/mol. The Morgan fingerprint density at radius 1 is 1.36 bits per heavy atom. The molecule has 2 atom stereocenters. The fourth-order valence-corrected chi connectivity index (χ4v) is 2.69. The second-order valence-electron chi connectivity index (χ2n) is 4.53. The smallest absolute Gasteiger partial charge is 0.0588 e. The van der Waals surface area contributed by atoms with E-state index in [1.165, 1.54) is 45.3 Å². The van der Waals surface area contributed by atoms with Crippen LogP contribution in [0, 0.1) is 5.92 Å². The van der Waals surface area contributed by atoms with E-state index >= 15 is 0 Å².